The Morgan fingerprint density at radius 2 is 1.97 bits per heavy atom. The van der Waals surface area contributed by atoms with E-state index in [1.54, 1.807) is 24.0 Å². The number of halogens is 3. The maximum Gasteiger partial charge on any atom is 0.433 e. The van der Waals surface area contributed by atoms with Crippen LogP contribution in [0.15, 0.2) is 24.3 Å². The van der Waals surface area contributed by atoms with Crippen molar-refractivity contribution >= 4 is 28.4 Å². The SMILES string of the molecule is COc1cc2nc(C)nc(NCc3cc(N)nc(C(F)(F)F)c3)c2cc1OC[C@@]1(C)CN(C(C)=O)CCO1. The van der Waals surface area contributed by atoms with Gasteiger partial charge in [-0.2, -0.15) is 13.2 Å². The van der Waals surface area contributed by atoms with Crippen molar-refractivity contribution in [1.82, 2.24) is 19.9 Å². The molecule has 0 aliphatic carbocycles. The highest BCUT2D eigenvalue weighted by Gasteiger charge is 2.35. The van der Waals surface area contributed by atoms with E-state index in [-0.39, 0.29) is 30.4 Å². The molecule has 1 aliphatic rings. The Bertz CT molecular complexity index is 1350. The maximum absolute atomic E-state index is 13.2. The minimum atomic E-state index is -4.62. The smallest absolute Gasteiger partial charge is 0.433 e. The molecule has 0 radical (unpaired) electrons. The second-order valence-corrected chi connectivity index (χ2v) is 9.30. The molecule has 2 aromatic heterocycles. The summed E-state index contributed by atoms with van der Waals surface area (Å²) in [6.07, 6.45) is -4.62. The molecule has 38 heavy (non-hydrogen) atoms. The number of nitrogen functional groups attached to an aromatic ring is 1. The van der Waals surface area contributed by atoms with Crippen molar-refractivity contribution in [2.24, 2.45) is 0 Å². The van der Waals surface area contributed by atoms with Gasteiger partial charge in [-0.05, 0) is 37.6 Å². The number of alkyl halides is 3. The molecule has 204 valence electrons. The lowest BCUT2D eigenvalue weighted by molar-refractivity contribution is -0.150. The molecule has 0 spiro atoms. The first-order valence-electron chi connectivity index (χ1n) is 11.8. The quantitative estimate of drug-likeness (QED) is 0.468. The van der Waals surface area contributed by atoms with Crippen LogP contribution in [0.4, 0.5) is 24.8 Å². The first-order valence-corrected chi connectivity index (χ1v) is 11.8. The van der Waals surface area contributed by atoms with Crippen LogP contribution in [0.2, 0.25) is 0 Å². The van der Waals surface area contributed by atoms with Crippen LogP contribution >= 0.6 is 0 Å². The topological polar surface area (TPSA) is 125 Å². The summed E-state index contributed by atoms with van der Waals surface area (Å²) in [6.45, 7) is 6.53. The predicted octanol–water partition coefficient (Wildman–Crippen LogP) is 3.57. The molecule has 3 N–H and O–H groups in total. The fourth-order valence-corrected chi connectivity index (χ4v) is 4.22. The van der Waals surface area contributed by atoms with E-state index in [1.165, 1.54) is 20.1 Å². The lowest BCUT2D eigenvalue weighted by atomic mass is 10.1. The lowest BCUT2D eigenvalue weighted by Gasteiger charge is -2.39. The van der Waals surface area contributed by atoms with Crippen molar-refractivity contribution in [2.45, 2.75) is 39.1 Å². The van der Waals surface area contributed by atoms with Crippen molar-refractivity contribution in [3.05, 3.63) is 41.3 Å². The Hall–Kier alpha value is -3.87. The molecule has 1 aromatic carbocycles. The number of methoxy groups -OCH3 is 1. The molecule has 3 aromatic rings. The average molecular weight is 535 g/mol. The van der Waals surface area contributed by atoms with Gasteiger partial charge in [-0.1, -0.05) is 0 Å². The van der Waals surface area contributed by atoms with Gasteiger partial charge in [0, 0.05) is 31.5 Å². The summed E-state index contributed by atoms with van der Waals surface area (Å²) in [4.78, 5) is 25.8. The molecule has 10 nitrogen and oxygen atoms in total. The fourth-order valence-electron chi connectivity index (χ4n) is 4.22. The molecule has 13 heteroatoms. The Morgan fingerprint density at radius 1 is 1.21 bits per heavy atom. The van der Waals surface area contributed by atoms with Gasteiger partial charge in [0.05, 0.1) is 25.8 Å². The van der Waals surface area contributed by atoms with Gasteiger partial charge in [0.25, 0.3) is 0 Å². The van der Waals surface area contributed by atoms with Crippen LogP contribution in [0.3, 0.4) is 0 Å². The van der Waals surface area contributed by atoms with E-state index in [9.17, 15) is 18.0 Å². The summed E-state index contributed by atoms with van der Waals surface area (Å²) in [5, 5.41) is 3.65. The summed E-state index contributed by atoms with van der Waals surface area (Å²) in [5.74, 6) is 1.40. The van der Waals surface area contributed by atoms with Crippen molar-refractivity contribution < 1.29 is 32.2 Å². The van der Waals surface area contributed by atoms with E-state index in [0.717, 1.165) is 6.07 Å². The van der Waals surface area contributed by atoms with Crippen molar-refractivity contribution in [1.29, 1.82) is 0 Å². The molecule has 1 atom stereocenters. The van der Waals surface area contributed by atoms with E-state index < -0.39 is 17.5 Å². The van der Waals surface area contributed by atoms with Gasteiger partial charge in [0.1, 0.15) is 35.4 Å². The van der Waals surface area contributed by atoms with Crippen molar-refractivity contribution in [2.75, 3.05) is 44.5 Å². The lowest BCUT2D eigenvalue weighted by Crippen LogP contribution is -2.54. The zero-order valence-corrected chi connectivity index (χ0v) is 21.5. The second kappa shape index (κ2) is 10.5. The summed E-state index contributed by atoms with van der Waals surface area (Å²) in [6, 6.07) is 5.70. The maximum atomic E-state index is 13.2. The van der Waals surface area contributed by atoms with E-state index in [1.807, 2.05) is 6.92 Å². The van der Waals surface area contributed by atoms with Gasteiger partial charge in [-0.3, -0.25) is 4.79 Å². The number of carbonyl (C=O) groups excluding carboxylic acids is 1. The van der Waals surface area contributed by atoms with Crippen LogP contribution in [0, 0.1) is 6.92 Å². The number of aryl methyl sites for hydroxylation is 1. The number of hydrogen-bond donors (Lipinski definition) is 2. The van der Waals surface area contributed by atoms with Crippen molar-refractivity contribution in [3.8, 4) is 11.5 Å². The van der Waals surface area contributed by atoms with E-state index in [0.29, 0.717) is 53.7 Å². The third-order valence-corrected chi connectivity index (χ3v) is 6.06. The summed E-state index contributed by atoms with van der Waals surface area (Å²) in [5.41, 5.74) is 4.64. The first-order chi connectivity index (χ1) is 17.9. The monoisotopic (exact) mass is 534 g/mol. The number of nitrogens with one attached hydrogen (secondary N) is 1. The second-order valence-electron chi connectivity index (χ2n) is 9.30. The minimum absolute atomic E-state index is 0.0103. The molecule has 1 fully saturated rings. The molecule has 4 rings (SSSR count). The van der Waals surface area contributed by atoms with Crippen molar-refractivity contribution in [3.63, 3.8) is 0 Å². The van der Waals surface area contributed by atoms with Crippen LogP contribution in [0.25, 0.3) is 10.9 Å². The number of anilines is 2. The molecular weight excluding hydrogens is 505 g/mol. The summed E-state index contributed by atoms with van der Waals surface area (Å²) < 4.78 is 57.0. The summed E-state index contributed by atoms with van der Waals surface area (Å²) in [7, 11) is 1.50. The van der Waals surface area contributed by atoms with Crippen LogP contribution in [0.1, 0.15) is 30.9 Å². The first kappa shape index (κ1) is 27.2. The summed E-state index contributed by atoms with van der Waals surface area (Å²) >= 11 is 0. The number of nitrogens with two attached hydrogens (primary N) is 1. The highest BCUT2D eigenvalue weighted by atomic mass is 19.4. The van der Waals surface area contributed by atoms with Crippen LogP contribution in [-0.4, -0.2) is 64.8 Å². The van der Waals surface area contributed by atoms with E-state index in [4.69, 9.17) is 19.9 Å². The third-order valence-electron chi connectivity index (χ3n) is 6.06. The molecule has 0 unspecified atom stereocenters. The predicted molar refractivity (Wildman–Crippen MR) is 134 cm³/mol. The fraction of sp³-hybridized carbons (Fsp3) is 0.440. The number of nitrogens with zero attached hydrogens (tertiary/aromatic N) is 4. The highest BCUT2D eigenvalue weighted by Crippen LogP contribution is 2.36. The largest absolute Gasteiger partial charge is 0.493 e. The third kappa shape index (κ3) is 6.15. The number of aromatic nitrogens is 3. The van der Waals surface area contributed by atoms with Crippen LogP contribution < -0.4 is 20.5 Å². The Kier molecular flexibility index (Phi) is 7.49. The number of rotatable bonds is 7. The average Bonchev–Trinajstić information content (AvgIpc) is 2.84. The van der Waals surface area contributed by atoms with Crippen LogP contribution in [-0.2, 0) is 22.3 Å². The molecule has 1 amide bonds. The van der Waals surface area contributed by atoms with Gasteiger partial charge in [0.15, 0.2) is 11.5 Å². The number of ether oxygens (including phenoxy) is 3. The normalized spacial score (nSPS) is 17.9. The van der Waals surface area contributed by atoms with E-state index in [2.05, 4.69) is 20.3 Å². The standard InChI is InChI=1S/C25H29F3N6O4/c1-14-31-18-10-19(36-4)20(37-13-24(3)12-34(15(2)35)5-6-38-24)9-17(18)23(32-14)30-11-16-7-21(25(26,27)28)33-22(29)8-16/h7-10H,5-6,11-13H2,1-4H3,(H2,29,33)(H,30,31,32)/t24-/m1/s1. The number of pyridine rings is 1. The molecule has 0 bridgehead atoms. The Labute approximate surface area is 217 Å². The highest BCUT2D eigenvalue weighted by molar-refractivity contribution is 5.91. The number of amides is 1. The zero-order chi connectivity index (χ0) is 27.7. The molecule has 3 heterocycles. The number of hydrogen-bond acceptors (Lipinski definition) is 9. The number of morpholine rings is 1. The molecular formula is C25H29F3N6O4. The number of carbonyl (C=O) groups is 1. The van der Waals surface area contributed by atoms with Crippen LogP contribution in [0.5, 0.6) is 11.5 Å². The number of benzene rings is 1. The zero-order valence-electron chi connectivity index (χ0n) is 21.5. The molecule has 0 saturated carbocycles. The van der Waals surface area contributed by atoms with Gasteiger partial charge in [-0.15, -0.1) is 0 Å². The Morgan fingerprint density at radius 3 is 2.66 bits per heavy atom. The molecule has 1 saturated heterocycles. The van der Waals surface area contributed by atoms with E-state index >= 15 is 0 Å². The minimum Gasteiger partial charge on any atom is -0.493 e. The van der Waals surface area contributed by atoms with Gasteiger partial charge < -0.3 is 30.2 Å². The van der Waals surface area contributed by atoms with Gasteiger partial charge in [0.2, 0.25) is 5.91 Å². The Balaban J connectivity index is 1.61. The number of fused-ring (bicyclic) bond motifs is 1. The van der Waals surface area contributed by atoms with Gasteiger partial charge >= 0.3 is 6.18 Å². The molecule has 1 aliphatic heterocycles. The van der Waals surface area contributed by atoms with Gasteiger partial charge in [-0.25, -0.2) is 15.0 Å².